The van der Waals surface area contributed by atoms with Crippen LogP contribution in [0.4, 0.5) is 0 Å². The number of hydrogen-bond acceptors (Lipinski definition) is 5. The van der Waals surface area contributed by atoms with Crippen molar-refractivity contribution < 1.29 is 4.79 Å². The summed E-state index contributed by atoms with van der Waals surface area (Å²) in [7, 11) is 0. The van der Waals surface area contributed by atoms with Crippen LogP contribution in [0.15, 0.2) is 18.5 Å². The Morgan fingerprint density at radius 3 is 3.00 bits per heavy atom. The van der Waals surface area contributed by atoms with Crippen LogP contribution in [0.3, 0.4) is 0 Å². The van der Waals surface area contributed by atoms with Gasteiger partial charge in [-0.05, 0) is 31.7 Å². The Morgan fingerprint density at radius 1 is 1.38 bits per heavy atom. The van der Waals surface area contributed by atoms with Crippen LogP contribution in [0.25, 0.3) is 16.8 Å². The van der Waals surface area contributed by atoms with Crippen molar-refractivity contribution in [1.82, 2.24) is 29.9 Å². The number of fused-ring (bicyclic) bond motifs is 3. The molecule has 1 aliphatic rings. The van der Waals surface area contributed by atoms with Crippen molar-refractivity contribution in [2.45, 2.75) is 44.1 Å². The van der Waals surface area contributed by atoms with Gasteiger partial charge in [-0.2, -0.15) is 5.26 Å². The first-order valence-electron chi connectivity index (χ1n) is 8.09. The molecule has 3 aromatic heterocycles. The summed E-state index contributed by atoms with van der Waals surface area (Å²) < 4.78 is 2.07. The first kappa shape index (κ1) is 14.6. The van der Waals surface area contributed by atoms with E-state index in [1.54, 1.807) is 6.20 Å². The number of aromatic amines is 1. The van der Waals surface area contributed by atoms with E-state index in [0.717, 1.165) is 48.3 Å². The molecule has 4 rings (SSSR count). The second-order valence-corrected chi connectivity index (χ2v) is 6.17. The minimum Gasteiger partial charge on any atom is -0.352 e. The summed E-state index contributed by atoms with van der Waals surface area (Å²) in [6.45, 7) is 0. The lowest BCUT2D eigenvalue weighted by atomic mass is 9.85. The molecular formula is C16H17N7O. The average molecular weight is 323 g/mol. The topological polar surface area (TPSA) is 112 Å². The van der Waals surface area contributed by atoms with Crippen LogP contribution < -0.4 is 5.32 Å². The Labute approximate surface area is 137 Å². The van der Waals surface area contributed by atoms with Crippen LogP contribution in [-0.4, -0.2) is 36.5 Å². The average Bonchev–Trinajstić information content (AvgIpc) is 3.21. The third kappa shape index (κ3) is 2.48. The van der Waals surface area contributed by atoms with E-state index in [0.29, 0.717) is 5.92 Å². The van der Waals surface area contributed by atoms with E-state index < -0.39 is 0 Å². The van der Waals surface area contributed by atoms with Gasteiger partial charge in [0.25, 0.3) is 0 Å². The smallest absolute Gasteiger partial charge is 0.234 e. The number of hydrogen-bond donors (Lipinski definition) is 2. The number of nitriles is 1. The summed E-state index contributed by atoms with van der Waals surface area (Å²) in [4.78, 5) is 19.0. The quantitative estimate of drug-likeness (QED) is 0.761. The molecule has 1 saturated carbocycles. The van der Waals surface area contributed by atoms with Gasteiger partial charge in [0.05, 0.1) is 17.8 Å². The number of carbonyl (C=O) groups excluding carboxylic acids is 1. The Balaban J connectivity index is 1.54. The van der Waals surface area contributed by atoms with Crippen molar-refractivity contribution in [2.75, 3.05) is 0 Å². The fraction of sp³-hybridized carbons (Fsp3) is 0.438. The molecule has 0 bridgehead atoms. The van der Waals surface area contributed by atoms with Crippen LogP contribution in [0.2, 0.25) is 0 Å². The Morgan fingerprint density at radius 2 is 2.21 bits per heavy atom. The molecule has 8 heteroatoms. The molecule has 0 atom stereocenters. The zero-order chi connectivity index (χ0) is 16.5. The number of nitrogens with zero attached hydrogens (tertiary/aromatic N) is 5. The number of aromatic nitrogens is 5. The molecule has 122 valence electrons. The molecule has 1 fully saturated rings. The summed E-state index contributed by atoms with van der Waals surface area (Å²) in [5, 5.41) is 20.1. The molecule has 0 spiro atoms. The summed E-state index contributed by atoms with van der Waals surface area (Å²) >= 11 is 0. The second kappa shape index (κ2) is 5.92. The van der Waals surface area contributed by atoms with Gasteiger partial charge >= 0.3 is 0 Å². The number of rotatable bonds is 3. The Kier molecular flexibility index (Phi) is 3.61. The van der Waals surface area contributed by atoms with Crippen molar-refractivity contribution in [3.05, 3.63) is 24.3 Å². The van der Waals surface area contributed by atoms with E-state index in [1.165, 1.54) is 0 Å². The van der Waals surface area contributed by atoms with E-state index in [2.05, 4.69) is 29.9 Å². The highest BCUT2D eigenvalue weighted by atomic mass is 16.1. The molecule has 2 N–H and O–H groups in total. The minimum atomic E-state index is -0.186. The monoisotopic (exact) mass is 323 g/mol. The predicted molar refractivity (Wildman–Crippen MR) is 86.0 cm³/mol. The number of nitrogens with one attached hydrogen (secondary N) is 2. The molecule has 0 aromatic carbocycles. The van der Waals surface area contributed by atoms with E-state index in [9.17, 15) is 4.79 Å². The van der Waals surface area contributed by atoms with Gasteiger partial charge in [-0.25, -0.2) is 4.98 Å². The molecule has 0 aliphatic heterocycles. The van der Waals surface area contributed by atoms with Gasteiger partial charge in [0.2, 0.25) is 5.91 Å². The van der Waals surface area contributed by atoms with Gasteiger partial charge in [0.15, 0.2) is 11.3 Å². The summed E-state index contributed by atoms with van der Waals surface area (Å²) in [5.74, 6) is 1.08. The van der Waals surface area contributed by atoms with E-state index in [1.807, 2.05) is 18.3 Å². The number of amides is 1. The van der Waals surface area contributed by atoms with E-state index in [4.69, 9.17) is 5.26 Å². The molecule has 0 radical (unpaired) electrons. The minimum absolute atomic E-state index is 0.0762. The third-order valence-corrected chi connectivity index (χ3v) is 4.66. The van der Waals surface area contributed by atoms with Gasteiger partial charge in [-0.3, -0.25) is 9.20 Å². The van der Waals surface area contributed by atoms with Gasteiger partial charge in [-0.1, -0.05) is 0 Å². The first-order chi connectivity index (χ1) is 11.8. The molecule has 3 aromatic rings. The van der Waals surface area contributed by atoms with Gasteiger partial charge in [-0.15, -0.1) is 10.2 Å². The maximum absolute atomic E-state index is 11.5. The van der Waals surface area contributed by atoms with Crippen molar-refractivity contribution in [2.24, 2.45) is 0 Å². The fourth-order valence-electron chi connectivity index (χ4n) is 3.51. The van der Waals surface area contributed by atoms with Crippen LogP contribution in [0, 0.1) is 11.3 Å². The van der Waals surface area contributed by atoms with Gasteiger partial charge < -0.3 is 10.3 Å². The van der Waals surface area contributed by atoms with Gasteiger partial charge in [0.1, 0.15) is 12.2 Å². The largest absolute Gasteiger partial charge is 0.352 e. The highest BCUT2D eigenvalue weighted by Crippen LogP contribution is 2.33. The van der Waals surface area contributed by atoms with Crippen molar-refractivity contribution in [1.29, 1.82) is 5.26 Å². The molecule has 3 heterocycles. The molecule has 1 amide bonds. The van der Waals surface area contributed by atoms with Gasteiger partial charge in [0, 0.05) is 18.2 Å². The Bertz CT molecular complexity index is 927. The zero-order valence-electron chi connectivity index (χ0n) is 13.1. The highest BCUT2D eigenvalue weighted by molar-refractivity contribution is 5.78. The van der Waals surface area contributed by atoms with Crippen LogP contribution in [0.1, 0.15) is 43.8 Å². The third-order valence-electron chi connectivity index (χ3n) is 4.66. The van der Waals surface area contributed by atoms with E-state index in [-0.39, 0.29) is 18.4 Å². The summed E-state index contributed by atoms with van der Waals surface area (Å²) in [6, 6.07) is 4.01. The number of carbonyl (C=O) groups is 1. The first-order valence-corrected chi connectivity index (χ1v) is 8.09. The van der Waals surface area contributed by atoms with Crippen molar-refractivity contribution >= 4 is 22.7 Å². The van der Waals surface area contributed by atoms with Crippen molar-refractivity contribution in [3.8, 4) is 6.07 Å². The van der Waals surface area contributed by atoms with E-state index >= 15 is 0 Å². The Hall–Kier alpha value is -2.95. The normalized spacial score (nSPS) is 21.0. The molecule has 1 aliphatic carbocycles. The molecule has 0 saturated heterocycles. The van der Waals surface area contributed by atoms with Crippen LogP contribution in [0.5, 0.6) is 0 Å². The molecule has 0 unspecified atom stereocenters. The molecule has 24 heavy (non-hydrogen) atoms. The van der Waals surface area contributed by atoms with Crippen molar-refractivity contribution in [3.63, 3.8) is 0 Å². The highest BCUT2D eigenvalue weighted by Gasteiger charge is 2.27. The predicted octanol–water partition coefficient (Wildman–Crippen LogP) is 1.66. The lowest BCUT2D eigenvalue weighted by molar-refractivity contribution is -0.121. The maximum Gasteiger partial charge on any atom is 0.234 e. The number of H-pyrrole nitrogens is 1. The maximum atomic E-state index is 11.5. The SMILES string of the molecule is N#CCC(=O)N[C@H]1CC[C@@H](c2nnc3cnc4[nH]ccc4n32)CC1. The summed E-state index contributed by atoms with van der Waals surface area (Å²) in [5.41, 5.74) is 2.56. The lowest BCUT2D eigenvalue weighted by Gasteiger charge is -2.28. The zero-order valence-corrected chi connectivity index (χ0v) is 13.1. The fourth-order valence-corrected chi connectivity index (χ4v) is 3.51. The van der Waals surface area contributed by atoms with Crippen LogP contribution in [-0.2, 0) is 4.79 Å². The lowest BCUT2D eigenvalue weighted by Crippen LogP contribution is -2.37. The van der Waals surface area contributed by atoms with Crippen LogP contribution >= 0.6 is 0 Å². The molecular weight excluding hydrogens is 306 g/mol. The standard InChI is InChI=1S/C16H17N7O/c17-7-5-14(24)20-11-3-1-10(2-4-11)16-22-21-13-9-19-15-12(23(13)16)6-8-18-15/h6,8-11,18H,1-5H2,(H,20,24)/t10-,11+. The molecule has 8 nitrogen and oxygen atoms in total. The summed E-state index contributed by atoms with van der Waals surface area (Å²) in [6.07, 6.45) is 7.16. The second-order valence-electron chi connectivity index (χ2n) is 6.17.